The molecule has 106 valence electrons. The normalized spacial score (nSPS) is 25.9. The highest BCUT2D eigenvalue weighted by Crippen LogP contribution is 2.42. The van der Waals surface area contributed by atoms with Crippen molar-refractivity contribution in [1.29, 1.82) is 0 Å². The zero-order chi connectivity index (χ0) is 13.8. The number of carbonyl (C=O) groups is 1. The number of nitrogens with one attached hydrogen (secondary N) is 2. The summed E-state index contributed by atoms with van der Waals surface area (Å²) in [4.78, 5) is 11.1. The zero-order valence-corrected chi connectivity index (χ0v) is 12.4. The third kappa shape index (κ3) is 3.95. The second-order valence-electron chi connectivity index (χ2n) is 6.20. The van der Waals surface area contributed by atoms with Crippen LogP contribution in [0, 0.1) is 11.3 Å². The SMILES string of the molecule is CNC(=O)CCNC1CC(OCC(C)C)C1(C)C. The van der Waals surface area contributed by atoms with Gasteiger partial charge in [0, 0.05) is 38.1 Å². The van der Waals surface area contributed by atoms with Gasteiger partial charge in [0.25, 0.3) is 0 Å². The van der Waals surface area contributed by atoms with Crippen molar-refractivity contribution < 1.29 is 9.53 Å². The Kier molecular flexibility index (Phi) is 5.60. The van der Waals surface area contributed by atoms with Gasteiger partial charge in [0.15, 0.2) is 0 Å². The number of ether oxygens (including phenoxy) is 1. The number of amides is 1. The third-order valence-corrected chi connectivity index (χ3v) is 3.83. The summed E-state index contributed by atoms with van der Waals surface area (Å²) in [5, 5.41) is 6.08. The maximum atomic E-state index is 11.1. The third-order valence-electron chi connectivity index (χ3n) is 3.83. The highest BCUT2D eigenvalue weighted by Gasteiger charge is 2.48. The van der Waals surface area contributed by atoms with Gasteiger partial charge in [-0.15, -0.1) is 0 Å². The molecule has 0 bridgehead atoms. The fourth-order valence-corrected chi connectivity index (χ4v) is 2.31. The van der Waals surface area contributed by atoms with Gasteiger partial charge in [-0.25, -0.2) is 0 Å². The summed E-state index contributed by atoms with van der Waals surface area (Å²) in [5.74, 6) is 0.674. The Hall–Kier alpha value is -0.610. The van der Waals surface area contributed by atoms with Crippen molar-refractivity contribution >= 4 is 5.91 Å². The highest BCUT2D eigenvalue weighted by molar-refractivity contribution is 5.75. The molecule has 1 aliphatic carbocycles. The number of hydrogen-bond donors (Lipinski definition) is 2. The van der Waals surface area contributed by atoms with E-state index in [0.29, 0.717) is 24.5 Å². The predicted molar refractivity (Wildman–Crippen MR) is 73.5 cm³/mol. The van der Waals surface area contributed by atoms with Crippen LogP contribution < -0.4 is 10.6 Å². The standard InChI is InChI=1S/C14H28N2O2/c1-10(2)9-18-12-8-11(14(12,3)4)16-7-6-13(17)15-5/h10-12,16H,6-9H2,1-5H3,(H,15,17). The smallest absolute Gasteiger partial charge is 0.221 e. The van der Waals surface area contributed by atoms with Crippen molar-refractivity contribution in [3.8, 4) is 0 Å². The van der Waals surface area contributed by atoms with Gasteiger partial charge in [-0.05, 0) is 12.3 Å². The van der Waals surface area contributed by atoms with Gasteiger partial charge in [-0.3, -0.25) is 4.79 Å². The Morgan fingerprint density at radius 1 is 1.44 bits per heavy atom. The fraction of sp³-hybridized carbons (Fsp3) is 0.929. The molecule has 4 heteroatoms. The molecule has 0 saturated heterocycles. The van der Waals surface area contributed by atoms with Crippen molar-refractivity contribution in [1.82, 2.24) is 10.6 Å². The summed E-state index contributed by atoms with van der Waals surface area (Å²) < 4.78 is 5.91. The Bertz CT molecular complexity index is 277. The molecule has 0 radical (unpaired) electrons. The molecule has 0 aliphatic heterocycles. The van der Waals surface area contributed by atoms with E-state index in [1.54, 1.807) is 7.05 Å². The van der Waals surface area contributed by atoms with Crippen molar-refractivity contribution in [3.63, 3.8) is 0 Å². The minimum Gasteiger partial charge on any atom is -0.377 e. The first-order valence-electron chi connectivity index (χ1n) is 6.93. The van der Waals surface area contributed by atoms with Crippen LogP contribution in [0.25, 0.3) is 0 Å². The van der Waals surface area contributed by atoms with E-state index in [1.807, 2.05) is 0 Å². The second kappa shape index (κ2) is 6.53. The fourth-order valence-electron chi connectivity index (χ4n) is 2.31. The van der Waals surface area contributed by atoms with E-state index >= 15 is 0 Å². The van der Waals surface area contributed by atoms with Crippen molar-refractivity contribution in [2.75, 3.05) is 20.2 Å². The summed E-state index contributed by atoms with van der Waals surface area (Å²) in [6, 6.07) is 0.458. The molecule has 0 aromatic rings. The van der Waals surface area contributed by atoms with Crippen LogP contribution in [-0.4, -0.2) is 38.3 Å². The number of hydrogen-bond acceptors (Lipinski definition) is 3. The molecule has 1 fully saturated rings. The molecule has 2 atom stereocenters. The second-order valence-corrected chi connectivity index (χ2v) is 6.20. The molecule has 0 spiro atoms. The van der Waals surface area contributed by atoms with Crippen LogP contribution in [0.5, 0.6) is 0 Å². The number of rotatable bonds is 7. The molecule has 2 unspecified atom stereocenters. The van der Waals surface area contributed by atoms with E-state index in [9.17, 15) is 4.79 Å². The molecular formula is C14H28N2O2. The molecule has 1 aliphatic rings. The first-order chi connectivity index (χ1) is 8.37. The Labute approximate surface area is 111 Å². The molecule has 4 nitrogen and oxygen atoms in total. The van der Waals surface area contributed by atoms with E-state index in [1.165, 1.54) is 0 Å². The van der Waals surface area contributed by atoms with E-state index in [0.717, 1.165) is 19.6 Å². The summed E-state index contributed by atoms with van der Waals surface area (Å²) in [7, 11) is 1.67. The van der Waals surface area contributed by atoms with Crippen molar-refractivity contribution in [2.24, 2.45) is 11.3 Å². The van der Waals surface area contributed by atoms with Gasteiger partial charge in [0.1, 0.15) is 0 Å². The summed E-state index contributed by atoms with van der Waals surface area (Å²) in [5.41, 5.74) is 0.164. The topological polar surface area (TPSA) is 50.4 Å². The van der Waals surface area contributed by atoms with Crippen LogP contribution in [-0.2, 0) is 9.53 Å². The minimum atomic E-state index is 0.0900. The van der Waals surface area contributed by atoms with Crippen LogP contribution in [0.4, 0.5) is 0 Å². The maximum Gasteiger partial charge on any atom is 0.221 e. The van der Waals surface area contributed by atoms with Gasteiger partial charge >= 0.3 is 0 Å². The molecular weight excluding hydrogens is 228 g/mol. The Morgan fingerprint density at radius 3 is 2.61 bits per heavy atom. The van der Waals surface area contributed by atoms with Crippen LogP contribution >= 0.6 is 0 Å². The first kappa shape index (κ1) is 15.4. The summed E-state index contributed by atoms with van der Waals surface area (Å²) in [6.07, 6.45) is 1.94. The van der Waals surface area contributed by atoms with Gasteiger partial charge in [-0.1, -0.05) is 27.7 Å². The molecule has 1 saturated carbocycles. The lowest BCUT2D eigenvalue weighted by Gasteiger charge is -2.52. The lowest BCUT2D eigenvalue weighted by molar-refractivity contribution is -0.126. The van der Waals surface area contributed by atoms with E-state index < -0.39 is 0 Å². The van der Waals surface area contributed by atoms with Gasteiger partial charge in [0.05, 0.1) is 6.10 Å². The van der Waals surface area contributed by atoms with E-state index in [4.69, 9.17) is 4.74 Å². The van der Waals surface area contributed by atoms with Gasteiger partial charge < -0.3 is 15.4 Å². The lowest BCUT2D eigenvalue weighted by Crippen LogP contribution is -2.61. The van der Waals surface area contributed by atoms with Crippen LogP contribution in [0.3, 0.4) is 0 Å². The van der Waals surface area contributed by atoms with Crippen LogP contribution in [0.15, 0.2) is 0 Å². The predicted octanol–water partition coefficient (Wildman–Crippen LogP) is 1.55. The molecule has 1 rings (SSSR count). The zero-order valence-electron chi connectivity index (χ0n) is 12.4. The first-order valence-corrected chi connectivity index (χ1v) is 6.93. The average Bonchev–Trinajstić information content (AvgIpc) is 2.30. The summed E-state index contributed by atoms with van der Waals surface area (Å²) in [6.45, 7) is 10.4. The largest absolute Gasteiger partial charge is 0.377 e. The summed E-state index contributed by atoms with van der Waals surface area (Å²) >= 11 is 0. The number of carbonyl (C=O) groups excluding carboxylic acids is 1. The van der Waals surface area contributed by atoms with Gasteiger partial charge in [0.2, 0.25) is 5.91 Å². The van der Waals surface area contributed by atoms with Gasteiger partial charge in [-0.2, -0.15) is 0 Å². The monoisotopic (exact) mass is 256 g/mol. The molecule has 18 heavy (non-hydrogen) atoms. The maximum absolute atomic E-state index is 11.1. The van der Waals surface area contributed by atoms with Crippen molar-refractivity contribution in [3.05, 3.63) is 0 Å². The Balaban J connectivity index is 2.24. The molecule has 1 amide bonds. The molecule has 0 heterocycles. The highest BCUT2D eigenvalue weighted by atomic mass is 16.5. The molecule has 2 N–H and O–H groups in total. The lowest BCUT2D eigenvalue weighted by atomic mass is 9.64. The quantitative estimate of drug-likeness (QED) is 0.726. The minimum absolute atomic E-state index is 0.0900. The van der Waals surface area contributed by atoms with E-state index in [2.05, 4.69) is 38.3 Å². The van der Waals surface area contributed by atoms with E-state index in [-0.39, 0.29) is 11.3 Å². The molecule has 0 aromatic heterocycles. The average molecular weight is 256 g/mol. The van der Waals surface area contributed by atoms with Crippen LogP contribution in [0.1, 0.15) is 40.5 Å². The molecule has 0 aromatic carbocycles. The Morgan fingerprint density at radius 2 is 2.11 bits per heavy atom. The van der Waals surface area contributed by atoms with Crippen LogP contribution in [0.2, 0.25) is 0 Å². The van der Waals surface area contributed by atoms with Crippen molar-refractivity contribution in [2.45, 2.75) is 52.7 Å².